The average Bonchev–Trinajstić information content (AvgIpc) is 2.32. The molecular weight excluding hydrogens is 252 g/mol. The summed E-state index contributed by atoms with van der Waals surface area (Å²) in [6.45, 7) is 11.7. The summed E-state index contributed by atoms with van der Waals surface area (Å²) in [5.74, 6) is 1.66. The van der Waals surface area contributed by atoms with Crippen molar-refractivity contribution in [3.05, 3.63) is 0 Å². The molecule has 3 atom stereocenters. The molecule has 0 spiro atoms. The van der Waals surface area contributed by atoms with E-state index >= 15 is 0 Å². The first-order chi connectivity index (χ1) is 9.26. The van der Waals surface area contributed by atoms with Gasteiger partial charge in [0.05, 0.1) is 0 Å². The van der Waals surface area contributed by atoms with E-state index in [0.717, 1.165) is 18.4 Å². The standard InChI is InChI=1S/C16H32N2O2/c1-12-7-6-8-14(9-12)11-17-13(2)10-18-15(19)20-16(3,4)5/h12-14,17H,6-11H2,1-5H3,(H,18,19). The van der Waals surface area contributed by atoms with Crippen LogP contribution in [0.2, 0.25) is 0 Å². The maximum atomic E-state index is 11.6. The first-order valence-corrected chi connectivity index (χ1v) is 7.96. The van der Waals surface area contributed by atoms with E-state index in [1.807, 2.05) is 20.8 Å². The first-order valence-electron chi connectivity index (χ1n) is 7.96. The van der Waals surface area contributed by atoms with E-state index < -0.39 is 5.60 Å². The van der Waals surface area contributed by atoms with Crippen molar-refractivity contribution in [1.82, 2.24) is 10.6 Å². The summed E-state index contributed by atoms with van der Waals surface area (Å²) in [4.78, 5) is 11.6. The minimum atomic E-state index is -0.432. The Morgan fingerprint density at radius 3 is 2.65 bits per heavy atom. The number of carbonyl (C=O) groups excluding carboxylic acids is 1. The largest absolute Gasteiger partial charge is 0.444 e. The van der Waals surface area contributed by atoms with Gasteiger partial charge in [-0.25, -0.2) is 4.79 Å². The highest BCUT2D eigenvalue weighted by molar-refractivity contribution is 5.67. The molecular formula is C16H32N2O2. The third-order valence-electron chi connectivity index (χ3n) is 3.75. The summed E-state index contributed by atoms with van der Waals surface area (Å²) in [5, 5.41) is 6.33. The van der Waals surface area contributed by atoms with Crippen LogP contribution in [0.15, 0.2) is 0 Å². The maximum Gasteiger partial charge on any atom is 0.407 e. The van der Waals surface area contributed by atoms with Crippen molar-refractivity contribution < 1.29 is 9.53 Å². The van der Waals surface area contributed by atoms with Crippen molar-refractivity contribution in [3.63, 3.8) is 0 Å². The number of amides is 1. The molecule has 118 valence electrons. The lowest BCUT2D eigenvalue weighted by Crippen LogP contribution is -2.42. The zero-order valence-electron chi connectivity index (χ0n) is 13.8. The molecule has 1 aliphatic carbocycles. The minimum Gasteiger partial charge on any atom is -0.444 e. The van der Waals surface area contributed by atoms with Gasteiger partial charge < -0.3 is 15.4 Å². The molecule has 1 amide bonds. The normalized spacial score (nSPS) is 25.1. The van der Waals surface area contributed by atoms with Gasteiger partial charge in [0.2, 0.25) is 0 Å². The van der Waals surface area contributed by atoms with Crippen LogP contribution in [0.25, 0.3) is 0 Å². The maximum absolute atomic E-state index is 11.6. The van der Waals surface area contributed by atoms with E-state index in [9.17, 15) is 4.79 Å². The van der Waals surface area contributed by atoms with Gasteiger partial charge in [0.1, 0.15) is 5.60 Å². The van der Waals surface area contributed by atoms with Gasteiger partial charge in [-0.05, 0) is 58.9 Å². The smallest absolute Gasteiger partial charge is 0.407 e. The van der Waals surface area contributed by atoms with Crippen molar-refractivity contribution in [2.24, 2.45) is 11.8 Å². The molecule has 4 heteroatoms. The lowest BCUT2D eigenvalue weighted by molar-refractivity contribution is 0.0523. The minimum absolute atomic E-state index is 0.278. The zero-order valence-corrected chi connectivity index (χ0v) is 13.8. The Hall–Kier alpha value is -0.770. The van der Waals surface area contributed by atoms with Crippen LogP contribution in [0.4, 0.5) is 4.79 Å². The molecule has 4 nitrogen and oxygen atoms in total. The van der Waals surface area contributed by atoms with Crippen LogP contribution in [-0.4, -0.2) is 30.8 Å². The van der Waals surface area contributed by atoms with E-state index in [1.165, 1.54) is 25.7 Å². The van der Waals surface area contributed by atoms with E-state index in [-0.39, 0.29) is 12.1 Å². The lowest BCUT2D eigenvalue weighted by atomic mass is 9.82. The number of hydrogen-bond donors (Lipinski definition) is 2. The molecule has 0 aromatic rings. The Bertz CT molecular complexity index is 299. The lowest BCUT2D eigenvalue weighted by Gasteiger charge is -2.28. The predicted molar refractivity (Wildman–Crippen MR) is 82.8 cm³/mol. The summed E-state index contributed by atoms with van der Waals surface area (Å²) in [5.41, 5.74) is -0.432. The second kappa shape index (κ2) is 7.87. The van der Waals surface area contributed by atoms with Gasteiger partial charge in [-0.2, -0.15) is 0 Å². The Morgan fingerprint density at radius 2 is 2.05 bits per heavy atom. The number of alkyl carbamates (subject to hydrolysis) is 1. The van der Waals surface area contributed by atoms with E-state index in [1.54, 1.807) is 0 Å². The van der Waals surface area contributed by atoms with Crippen molar-refractivity contribution >= 4 is 6.09 Å². The topological polar surface area (TPSA) is 50.4 Å². The van der Waals surface area contributed by atoms with E-state index in [4.69, 9.17) is 4.74 Å². The van der Waals surface area contributed by atoms with Gasteiger partial charge in [0.15, 0.2) is 0 Å². The summed E-state index contributed by atoms with van der Waals surface area (Å²) in [6, 6.07) is 0.278. The van der Waals surface area contributed by atoms with Crippen LogP contribution in [0, 0.1) is 11.8 Å². The second-order valence-corrected chi connectivity index (χ2v) is 7.33. The Labute approximate surface area is 124 Å². The number of rotatable bonds is 5. The van der Waals surface area contributed by atoms with Gasteiger partial charge in [0.25, 0.3) is 0 Å². The molecule has 0 radical (unpaired) electrons. The molecule has 1 rings (SSSR count). The first kappa shape index (κ1) is 17.3. The van der Waals surface area contributed by atoms with Crippen LogP contribution < -0.4 is 10.6 Å². The van der Waals surface area contributed by atoms with Crippen LogP contribution in [-0.2, 0) is 4.74 Å². The molecule has 2 N–H and O–H groups in total. The Morgan fingerprint density at radius 1 is 1.35 bits per heavy atom. The zero-order chi connectivity index (χ0) is 15.2. The average molecular weight is 284 g/mol. The van der Waals surface area contributed by atoms with Crippen molar-refractivity contribution in [3.8, 4) is 0 Å². The number of nitrogens with one attached hydrogen (secondary N) is 2. The molecule has 0 heterocycles. The third-order valence-corrected chi connectivity index (χ3v) is 3.75. The highest BCUT2D eigenvalue weighted by atomic mass is 16.6. The number of ether oxygens (including phenoxy) is 1. The molecule has 0 aromatic heterocycles. The predicted octanol–water partition coefficient (Wildman–Crippen LogP) is 3.32. The third kappa shape index (κ3) is 7.73. The van der Waals surface area contributed by atoms with Crippen LogP contribution >= 0.6 is 0 Å². The van der Waals surface area contributed by atoms with Crippen molar-refractivity contribution in [1.29, 1.82) is 0 Å². The fourth-order valence-corrected chi connectivity index (χ4v) is 2.74. The fraction of sp³-hybridized carbons (Fsp3) is 0.938. The second-order valence-electron chi connectivity index (χ2n) is 7.33. The van der Waals surface area contributed by atoms with Crippen LogP contribution in [0.3, 0.4) is 0 Å². The molecule has 0 bridgehead atoms. The molecule has 0 saturated heterocycles. The molecule has 1 saturated carbocycles. The van der Waals surface area contributed by atoms with Gasteiger partial charge in [-0.15, -0.1) is 0 Å². The Balaban J connectivity index is 2.14. The summed E-state index contributed by atoms with van der Waals surface area (Å²) in [7, 11) is 0. The highest BCUT2D eigenvalue weighted by Gasteiger charge is 2.20. The number of hydrogen-bond acceptors (Lipinski definition) is 3. The number of carbonyl (C=O) groups is 1. The molecule has 3 unspecified atom stereocenters. The van der Waals surface area contributed by atoms with Crippen LogP contribution in [0.1, 0.15) is 60.3 Å². The molecule has 1 aliphatic rings. The summed E-state index contributed by atoms with van der Waals surface area (Å²) in [6.07, 6.45) is 5.07. The molecule has 1 fully saturated rings. The highest BCUT2D eigenvalue weighted by Crippen LogP contribution is 2.27. The molecule has 0 aliphatic heterocycles. The van der Waals surface area contributed by atoms with Crippen molar-refractivity contribution in [2.45, 2.75) is 71.9 Å². The Kier molecular flexibility index (Phi) is 6.80. The molecule has 0 aromatic carbocycles. The van der Waals surface area contributed by atoms with Gasteiger partial charge in [-0.3, -0.25) is 0 Å². The summed E-state index contributed by atoms with van der Waals surface area (Å²) >= 11 is 0. The fourth-order valence-electron chi connectivity index (χ4n) is 2.74. The summed E-state index contributed by atoms with van der Waals surface area (Å²) < 4.78 is 5.22. The quantitative estimate of drug-likeness (QED) is 0.814. The van der Waals surface area contributed by atoms with Gasteiger partial charge in [0, 0.05) is 12.6 Å². The van der Waals surface area contributed by atoms with E-state index in [0.29, 0.717) is 6.54 Å². The van der Waals surface area contributed by atoms with E-state index in [2.05, 4.69) is 24.5 Å². The van der Waals surface area contributed by atoms with Crippen LogP contribution in [0.5, 0.6) is 0 Å². The molecule has 20 heavy (non-hydrogen) atoms. The van der Waals surface area contributed by atoms with Gasteiger partial charge in [-0.1, -0.05) is 19.8 Å². The monoisotopic (exact) mass is 284 g/mol. The van der Waals surface area contributed by atoms with Gasteiger partial charge >= 0.3 is 6.09 Å². The SMILES string of the molecule is CC1CCCC(CNC(C)CNC(=O)OC(C)(C)C)C1. The van der Waals surface area contributed by atoms with Crippen molar-refractivity contribution in [2.75, 3.05) is 13.1 Å².